The van der Waals surface area contributed by atoms with Gasteiger partial charge in [0.2, 0.25) is 0 Å². The van der Waals surface area contributed by atoms with Gasteiger partial charge in [-0.2, -0.15) is 11.8 Å². The van der Waals surface area contributed by atoms with E-state index in [9.17, 15) is 4.79 Å². The second kappa shape index (κ2) is 6.28. The minimum absolute atomic E-state index is 0.351. The average molecular weight is 193 g/mol. The number of nitrogens with two attached hydrogens (primary N) is 1. The SMILES string of the molecule is CCC(O)CSC[C@@H](N)C(=O)O. The molecule has 72 valence electrons. The van der Waals surface area contributed by atoms with Crippen molar-refractivity contribution in [2.75, 3.05) is 11.5 Å². The van der Waals surface area contributed by atoms with E-state index in [0.717, 1.165) is 0 Å². The zero-order valence-electron chi connectivity index (χ0n) is 7.06. The summed E-state index contributed by atoms with van der Waals surface area (Å²) in [6, 6.07) is -0.820. The van der Waals surface area contributed by atoms with Crippen LogP contribution < -0.4 is 5.73 Å². The summed E-state index contributed by atoms with van der Waals surface area (Å²) in [5.74, 6) is -0.0855. The molecule has 0 heterocycles. The summed E-state index contributed by atoms with van der Waals surface area (Å²) in [7, 11) is 0. The molecule has 0 aromatic carbocycles. The largest absolute Gasteiger partial charge is 0.480 e. The summed E-state index contributed by atoms with van der Waals surface area (Å²) in [5.41, 5.74) is 5.24. The first-order chi connectivity index (χ1) is 5.57. The van der Waals surface area contributed by atoms with E-state index in [2.05, 4.69) is 0 Å². The quantitative estimate of drug-likeness (QED) is 0.548. The molecule has 4 N–H and O–H groups in total. The van der Waals surface area contributed by atoms with Crippen molar-refractivity contribution in [2.24, 2.45) is 5.73 Å². The Kier molecular flexibility index (Phi) is 6.14. The molecular formula is C7H15NO3S. The Hall–Kier alpha value is -0.260. The Bertz CT molecular complexity index is 143. The zero-order valence-corrected chi connectivity index (χ0v) is 7.88. The summed E-state index contributed by atoms with van der Waals surface area (Å²) in [6.07, 6.45) is 0.339. The predicted octanol–water partition coefficient (Wildman–Crippen LogP) is -0.0976. The van der Waals surface area contributed by atoms with Gasteiger partial charge in [-0.15, -0.1) is 0 Å². The van der Waals surface area contributed by atoms with E-state index in [1.54, 1.807) is 0 Å². The van der Waals surface area contributed by atoms with Crippen LogP contribution in [0.25, 0.3) is 0 Å². The summed E-state index contributed by atoms with van der Waals surface area (Å²) in [5, 5.41) is 17.5. The van der Waals surface area contributed by atoms with Gasteiger partial charge in [0.05, 0.1) is 6.10 Å². The molecule has 0 amide bonds. The number of hydrogen-bond acceptors (Lipinski definition) is 4. The molecule has 0 aromatic rings. The smallest absolute Gasteiger partial charge is 0.321 e. The predicted molar refractivity (Wildman–Crippen MR) is 49.2 cm³/mol. The van der Waals surface area contributed by atoms with Gasteiger partial charge in [0, 0.05) is 11.5 Å². The third-order valence-electron chi connectivity index (χ3n) is 1.40. The first-order valence-electron chi connectivity index (χ1n) is 3.82. The maximum absolute atomic E-state index is 10.2. The topological polar surface area (TPSA) is 83.5 Å². The number of thioether (sulfide) groups is 1. The van der Waals surface area contributed by atoms with Gasteiger partial charge in [0.25, 0.3) is 0 Å². The molecule has 12 heavy (non-hydrogen) atoms. The van der Waals surface area contributed by atoms with Crippen molar-refractivity contribution in [3.63, 3.8) is 0 Å². The number of carboxylic acid groups (broad SMARTS) is 1. The van der Waals surface area contributed by atoms with E-state index in [4.69, 9.17) is 15.9 Å². The fourth-order valence-electron chi connectivity index (χ4n) is 0.520. The summed E-state index contributed by atoms with van der Waals surface area (Å²) >= 11 is 1.37. The highest BCUT2D eigenvalue weighted by molar-refractivity contribution is 7.99. The highest BCUT2D eigenvalue weighted by Gasteiger charge is 2.11. The van der Waals surface area contributed by atoms with Gasteiger partial charge < -0.3 is 15.9 Å². The molecule has 0 fully saturated rings. The molecule has 2 atom stereocenters. The molecule has 0 aliphatic rings. The molecule has 0 radical (unpaired) electrons. The molecule has 0 saturated carbocycles. The number of rotatable bonds is 6. The van der Waals surface area contributed by atoms with Crippen LogP contribution in [0.2, 0.25) is 0 Å². The van der Waals surface area contributed by atoms with Crippen molar-refractivity contribution in [3.8, 4) is 0 Å². The second-order valence-electron chi connectivity index (χ2n) is 2.54. The molecule has 1 unspecified atom stereocenters. The number of aliphatic hydroxyl groups excluding tert-OH is 1. The highest BCUT2D eigenvalue weighted by atomic mass is 32.2. The first kappa shape index (κ1) is 11.7. The first-order valence-corrected chi connectivity index (χ1v) is 4.97. The average Bonchev–Trinajstić information content (AvgIpc) is 2.03. The molecule has 4 nitrogen and oxygen atoms in total. The van der Waals surface area contributed by atoms with Crippen LogP contribution >= 0.6 is 11.8 Å². The maximum Gasteiger partial charge on any atom is 0.321 e. The van der Waals surface area contributed by atoms with Crippen molar-refractivity contribution in [1.82, 2.24) is 0 Å². The van der Waals surface area contributed by atoms with E-state index in [1.807, 2.05) is 6.92 Å². The summed E-state index contributed by atoms with van der Waals surface area (Å²) in [4.78, 5) is 10.2. The lowest BCUT2D eigenvalue weighted by atomic mass is 10.3. The molecule has 0 aliphatic heterocycles. The Morgan fingerprint density at radius 2 is 2.17 bits per heavy atom. The molecule has 0 aliphatic carbocycles. The van der Waals surface area contributed by atoms with Crippen LogP contribution in [0.3, 0.4) is 0 Å². The van der Waals surface area contributed by atoms with Gasteiger partial charge in [0.15, 0.2) is 0 Å². The minimum Gasteiger partial charge on any atom is -0.480 e. The Labute approximate surface area is 76.1 Å². The van der Waals surface area contributed by atoms with E-state index in [-0.39, 0.29) is 6.10 Å². The lowest BCUT2D eigenvalue weighted by molar-refractivity contribution is -0.137. The van der Waals surface area contributed by atoms with Crippen molar-refractivity contribution in [3.05, 3.63) is 0 Å². The number of aliphatic hydroxyl groups is 1. The molecule has 0 aromatic heterocycles. The van der Waals surface area contributed by atoms with Crippen molar-refractivity contribution in [1.29, 1.82) is 0 Å². The third kappa shape index (κ3) is 5.40. The monoisotopic (exact) mass is 193 g/mol. The van der Waals surface area contributed by atoms with Crippen molar-refractivity contribution >= 4 is 17.7 Å². The molecule has 5 heteroatoms. The van der Waals surface area contributed by atoms with Crippen LogP contribution in [0.1, 0.15) is 13.3 Å². The van der Waals surface area contributed by atoms with Gasteiger partial charge in [-0.05, 0) is 6.42 Å². The lowest BCUT2D eigenvalue weighted by Gasteiger charge is -2.08. The standard InChI is InChI=1S/C7H15NO3S/c1-2-5(9)3-12-4-6(8)7(10)11/h5-6,9H,2-4,8H2,1H3,(H,10,11)/t5?,6-/m1/s1. The Balaban J connectivity index is 3.37. The van der Waals surface area contributed by atoms with Crippen LogP contribution in [-0.2, 0) is 4.79 Å². The highest BCUT2D eigenvalue weighted by Crippen LogP contribution is 2.06. The molecule has 0 rings (SSSR count). The van der Waals surface area contributed by atoms with E-state index < -0.39 is 12.0 Å². The number of carbonyl (C=O) groups is 1. The van der Waals surface area contributed by atoms with Crippen LogP contribution in [-0.4, -0.2) is 39.8 Å². The molecular weight excluding hydrogens is 178 g/mol. The third-order valence-corrected chi connectivity index (χ3v) is 2.61. The zero-order chi connectivity index (χ0) is 9.56. The number of hydrogen-bond donors (Lipinski definition) is 3. The van der Waals surface area contributed by atoms with E-state index in [0.29, 0.717) is 17.9 Å². The minimum atomic E-state index is -0.992. The molecule has 0 saturated heterocycles. The number of aliphatic carboxylic acids is 1. The fraction of sp³-hybridized carbons (Fsp3) is 0.857. The number of carboxylic acids is 1. The van der Waals surface area contributed by atoms with Crippen LogP contribution in [0.5, 0.6) is 0 Å². The van der Waals surface area contributed by atoms with Crippen LogP contribution in [0.15, 0.2) is 0 Å². The van der Waals surface area contributed by atoms with Gasteiger partial charge in [-0.1, -0.05) is 6.92 Å². The van der Waals surface area contributed by atoms with Crippen LogP contribution in [0, 0.1) is 0 Å². The second-order valence-corrected chi connectivity index (χ2v) is 3.62. The van der Waals surface area contributed by atoms with Crippen molar-refractivity contribution < 1.29 is 15.0 Å². The fourth-order valence-corrected chi connectivity index (χ4v) is 1.56. The van der Waals surface area contributed by atoms with Gasteiger partial charge in [-0.25, -0.2) is 0 Å². The van der Waals surface area contributed by atoms with Crippen LogP contribution in [0.4, 0.5) is 0 Å². The molecule has 0 bridgehead atoms. The molecule has 0 spiro atoms. The van der Waals surface area contributed by atoms with Gasteiger partial charge in [0.1, 0.15) is 6.04 Å². The Morgan fingerprint density at radius 1 is 1.58 bits per heavy atom. The Morgan fingerprint density at radius 3 is 2.58 bits per heavy atom. The normalized spacial score (nSPS) is 15.6. The maximum atomic E-state index is 10.2. The van der Waals surface area contributed by atoms with E-state index >= 15 is 0 Å². The van der Waals surface area contributed by atoms with Gasteiger partial charge in [-0.3, -0.25) is 4.79 Å². The summed E-state index contributed by atoms with van der Waals surface area (Å²) in [6.45, 7) is 1.88. The van der Waals surface area contributed by atoms with Crippen molar-refractivity contribution in [2.45, 2.75) is 25.5 Å². The lowest BCUT2D eigenvalue weighted by Crippen LogP contribution is -2.32. The van der Waals surface area contributed by atoms with E-state index in [1.165, 1.54) is 11.8 Å². The summed E-state index contributed by atoms with van der Waals surface area (Å²) < 4.78 is 0. The van der Waals surface area contributed by atoms with Gasteiger partial charge >= 0.3 is 5.97 Å².